The van der Waals surface area contributed by atoms with E-state index in [-0.39, 0.29) is 12.0 Å². The molecule has 0 saturated heterocycles. The highest BCUT2D eigenvalue weighted by atomic mass is 35.5. The Morgan fingerprint density at radius 2 is 1.96 bits per heavy atom. The number of hydrogen-bond acceptors (Lipinski definition) is 4. The van der Waals surface area contributed by atoms with Gasteiger partial charge in [-0.15, -0.1) is 0 Å². The van der Waals surface area contributed by atoms with Crippen LogP contribution in [0, 0.1) is 0 Å². The summed E-state index contributed by atoms with van der Waals surface area (Å²) in [5, 5.41) is 11.3. The quantitative estimate of drug-likeness (QED) is 0.579. The molecule has 0 aliphatic heterocycles. The third-order valence-electron chi connectivity index (χ3n) is 3.66. The Morgan fingerprint density at radius 3 is 2.56 bits per heavy atom. The topological polar surface area (TPSA) is 75.3 Å². The van der Waals surface area contributed by atoms with Crippen LogP contribution < -0.4 is 10.6 Å². The van der Waals surface area contributed by atoms with Gasteiger partial charge in [0.2, 0.25) is 5.89 Å². The van der Waals surface area contributed by atoms with Gasteiger partial charge in [-0.05, 0) is 31.5 Å². The fraction of sp³-hybridized carbons (Fsp3) is 0.500. The molecule has 1 atom stereocenters. The van der Waals surface area contributed by atoms with Gasteiger partial charge in [0.05, 0.1) is 12.6 Å². The fourth-order valence-electron chi connectivity index (χ4n) is 2.23. The molecule has 2 rings (SSSR count). The van der Waals surface area contributed by atoms with E-state index in [1.807, 2.05) is 45.0 Å². The summed E-state index contributed by atoms with van der Waals surface area (Å²) in [6.07, 6.45) is 0.617. The number of halogens is 1. The zero-order valence-electron chi connectivity index (χ0n) is 15.2. The van der Waals surface area contributed by atoms with E-state index in [9.17, 15) is 0 Å². The van der Waals surface area contributed by atoms with Crippen molar-refractivity contribution < 1.29 is 4.52 Å². The second kappa shape index (κ2) is 9.42. The van der Waals surface area contributed by atoms with Gasteiger partial charge in [0.15, 0.2) is 11.8 Å². The van der Waals surface area contributed by atoms with Gasteiger partial charge in [-0.3, -0.25) is 4.99 Å². The first kappa shape index (κ1) is 19.2. The van der Waals surface area contributed by atoms with Crippen LogP contribution in [0.3, 0.4) is 0 Å². The van der Waals surface area contributed by atoms with Gasteiger partial charge in [-0.2, -0.15) is 4.98 Å². The first-order valence-electron chi connectivity index (χ1n) is 8.62. The van der Waals surface area contributed by atoms with Gasteiger partial charge < -0.3 is 15.2 Å². The summed E-state index contributed by atoms with van der Waals surface area (Å²) < 4.78 is 5.25. The van der Waals surface area contributed by atoms with Crippen molar-refractivity contribution in [1.29, 1.82) is 0 Å². The average molecular weight is 364 g/mol. The lowest BCUT2D eigenvalue weighted by atomic mass is 10.1. The van der Waals surface area contributed by atoms with Gasteiger partial charge in [0, 0.05) is 23.9 Å². The zero-order chi connectivity index (χ0) is 18.2. The molecule has 136 valence electrons. The van der Waals surface area contributed by atoms with Crippen LogP contribution in [-0.4, -0.2) is 29.2 Å². The number of nitrogens with zero attached hydrogens (tertiary/aromatic N) is 3. The first-order valence-corrected chi connectivity index (χ1v) is 9.00. The Kier molecular flexibility index (Phi) is 7.25. The molecule has 25 heavy (non-hydrogen) atoms. The van der Waals surface area contributed by atoms with E-state index in [2.05, 4.69) is 32.7 Å². The number of benzene rings is 1. The summed E-state index contributed by atoms with van der Waals surface area (Å²) in [6.45, 7) is 9.57. The molecule has 1 aromatic heterocycles. The smallest absolute Gasteiger partial charge is 0.228 e. The minimum absolute atomic E-state index is 0.117. The largest absolute Gasteiger partial charge is 0.357 e. The first-order chi connectivity index (χ1) is 12.0. The average Bonchev–Trinajstić information content (AvgIpc) is 3.05. The summed E-state index contributed by atoms with van der Waals surface area (Å²) in [7, 11) is 0. The van der Waals surface area contributed by atoms with Crippen molar-refractivity contribution in [3.05, 3.63) is 46.6 Å². The summed E-state index contributed by atoms with van der Waals surface area (Å²) >= 11 is 5.94. The van der Waals surface area contributed by atoms with Gasteiger partial charge in [0.25, 0.3) is 0 Å². The monoisotopic (exact) mass is 363 g/mol. The maximum absolute atomic E-state index is 5.94. The van der Waals surface area contributed by atoms with E-state index in [1.165, 1.54) is 0 Å². The van der Waals surface area contributed by atoms with Gasteiger partial charge >= 0.3 is 0 Å². The van der Waals surface area contributed by atoms with Crippen molar-refractivity contribution in [2.45, 2.75) is 46.1 Å². The highest BCUT2D eigenvalue weighted by molar-refractivity contribution is 6.30. The van der Waals surface area contributed by atoms with Crippen molar-refractivity contribution in [2.75, 3.05) is 13.1 Å². The van der Waals surface area contributed by atoms with E-state index in [1.54, 1.807) is 0 Å². The molecule has 1 heterocycles. The predicted molar refractivity (Wildman–Crippen MR) is 101 cm³/mol. The SMILES string of the molecule is CCNC(=NCCc1nc(C(C)C)no1)NC(C)c1ccc(Cl)cc1. The Morgan fingerprint density at radius 1 is 1.24 bits per heavy atom. The van der Waals surface area contributed by atoms with E-state index >= 15 is 0 Å². The number of hydrogen-bond donors (Lipinski definition) is 2. The van der Waals surface area contributed by atoms with Gasteiger partial charge in [-0.1, -0.05) is 42.7 Å². The van der Waals surface area contributed by atoms with Crippen LogP contribution >= 0.6 is 11.6 Å². The van der Waals surface area contributed by atoms with E-state index < -0.39 is 0 Å². The van der Waals surface area contributed by atoms with Crippen LogP contribution in [0.4, 0.5) is 0 Å². The number of rotatable bonds is 7. The summed E-state index contributed by atoms with van der Waals surface area (Å²) in [5.74, 6) is 2.38. The summed E-state index contributed by atoms with van der Waals surface area (Å²) in [6, 6.07) is 7.92. The van der Waals surface area contributed by atoms with Gasteiger partial charge in [-0.25, -0.2) is 0 Å². The van der Waals surface area contributed by atoms with Crippen LogP contribution in [-0.2, 0) is 6.42 Å². The van der Waals surface area contributed by atoms with E-state index in [0.717, 1.165) is 28.9 Å². The van der Waals surface area contributed by atoms with Crippen LogP contribution in [0.1, 0.15) is 56.9 Å². The van der Waals surface area contributed by atoms with E-state index in [4.69, 9.17) is 16.1 Å². The van der Waals surface area contributed by atoms with Crippen LogP contribution in [0.25, 0.3) is 0 Å². The molecule has 7 heteroatoms. The normalized spacial score (nSPS) is 13.1. The molecule has 0 aliphatic rings. The molecule has 0 fully saturated rings. The number of aliphatic imine (C=N–C) groups is 1. The van der Waals surface area contributed by atoms with Crippen LogP contribution in [0.2, 0.25) is 5.02 Å². The number of guanidine groups is 1. The maximum Gasteiger partial charge on any atom is 0.228 e. The molecule has 0 spiro atoms. The third-order valence-corrected chi connectivity index (χ3v) is 3.92. The second-order valence-corrected chi connectivity index (χ2v) is 6.57. The molecular weight excluding hydrogens is 338 g/mol. The maximum atomic E-state index is 5.94. The molecule has 1 aromatic carbocycles. The lowest BCUT2D eigenvalue weighted by Gasteiger charge is -2.18. The second-order valence-electron chi connectivity index (χ2n) is 6.13. The Hall–Kier alpha value is -2.08. The molecular formula is C18H26ClN5O. The minimum Gasteiger partial charge on any atom is -0.357 e. The van der Waals surface area contributed by atoms with Crippen molar-refractivity contribution in [2.24, 2.45) is 4.99 Å². The number of nitrogens with one attached hydrogen (secondary N) is 2. The fourth-order valence-corrected chi connectivity index (χ4v) is 2.35. The molecule has 6 nitrogen and oxygen atoms in total. The predicted octanol–water partition coefficient (Wildman–Crippen LogP) is 3.71. The Balaban J connectivity index is 1.93. The molecule has 0 bridgehead atoms. The third kappa shape index (κ3) is 6.05. The highest BCUT2D eigenvalue weighted by Crippen LogP contribution is 2.16. The Bertz CT molecular complexity index is 681. The number of aromatic nitrogens is 2. The van der Waals surface area contributed by atoms with Gasteiger partial charge in [0.1, 0.15) is 0 Å². The summed E-state index contributed by atoms with van der Waals surface area (Å²) in [4.78, 5) is 8.96. The molecule has 2 N–H and O–H groups in total. The standard InChI is InChI=1S/C18H26ClN5O/c1-5-20-18(22-13(4)14-6-8-15(19)9-7-14)21-11-10-16-23-17(12(2)3)24-25-16/h6-9,12-13H,5,10-11H2,1-4H3,(H2,20,21,22). The lowest BCUT2D eigenvalue weighted by molar-refractivity contribution is 0.372. The van der Waals surface area contributed by atoms with Crippen LogP contribution in [0.5, 0.6) is 0 Å². The molecule has 2 aromatic rings. The molecule has 1 unspecified atom stereocenters. The van der Waals surface area contributed by atoms with Crippen molar-refractivity contribution in [3.8, 4) is 0 Å². The zero-order valence-corrected chi connectivity index (χ0v) is 16.0. The molecule has 0 radical (unpaired) electrons. The molecule has 0 aliphatic carbocycles. The Labute approximate surface area is 154 Å². The molecule has 0 saturated carbocycles. The van der Waals surface area contributed by atoms with Crippen molar-refractivity contribution in [1.82, 2.24) is 20.8 Å². The minimum atomic E-state index is 0.117. The van der Waals surface area contributed by atoms with Crippen molar-refractivity contribution >= 4 is 17.6 Å². The summed E-state index contributed by atoms with van der Waals surface area (Å²) in [5.41, 5.74) is 1.15. The van der Waals surface area contributed by atoms with E-state index in [0.29, 0.717) is 18.9 Å². The van der Waals surface area contributed by atoms with Crippen LogP contribution in [0.15, 0.2) is 33.8 Å². The van der Waals surface area contributed by atoms with Crippen molar-refractivity contribution in [3.63, 3.8) is 0 Å². The lowest BCUT2D eigenvalue weighted by Crippen LogP contribution is -2.38. The highest BCUT2D eigenvalue weighted by Gasteiger charge is 2.10. The molecule has 0 amide bonds.